The topological polar surface area (TPSA) is 35.5 Å². The number of benzene rings is 1. The first-order valence-electron chi connectivity index (χ1n) is 5.33. The number of para-hydroxylation sites is 1. The highest BCUT2D eigenvalue weighted by atomic mass is 16.6. The zero-order valence-electron chi connectivity index (χ0n) is 10.2. The van der Waals surface area contributed by atoms with Crippen LogP contribution in [0, 0.1) is 0 Å². The van der Waals surface area contributed by atoms with Gasteiger partial charge in [0.15, 0.2) is 6.10 Å². The van der Waals surface area contributed by atoms with Crippen molar-refractivity contribution in [3.8, 4) is 5.75 Å². The van der Waals surface area contributed by atoms with Gasteiger partial charge in [-0.25, -0.2) is 4.79 Å². The average molecular weight is 222 g/mol. The van der Waals surface area contributed by atoms with Crippen molar-refractivity contribution < 1.29 is 14.3 Å². The summed E-state index contributed by atoms with van der Waals surface area (Å²) in [7, 11) is 0. The number of esters is 1. The van der Waals surface area contributed by atoms with Gasteiger partial charge in [-0.1, -0.05) is 18.2 Å². The molecule has 16 heavy (non-hydrogen) atoms. The molecule has 0 aromatic heterocycles. The third-order valence-electron chi connectivity index (χ3n) is 1.79. The molecule has 0 unspecified atom stereocenters. The van der Waals surface area contributed by atoms with Crippen LogP contribution in [0.3, 0.4) is 0 Å². The van der Waals surface area contributed by atoms with Crippen molar-refractivity contribution in [1.29, 1.82) is 0 Å². The van der Waals surface area contributed by atoms with E-state index in [0.29, 0.717) is 5.75 Å². The van der Waals surface area contributed by atoms with E-state index in [1.165, 1.54) is 0 Å². The van der Waals surface area contributed by atoms with E-state index in [4.69, 9.17) is 9.47 Å². The maximum Gasteiger partial charge on any atom is 0.347 e. The first kappa shape index (κ1) is 12.6. The van der Waals surface area contributed by atoms with Crippen molar-refractivity contribution in [2.24, 2.45) is 0 Å². The van der Waals surface area contributed by atoms with E-state index in [1.807, 2.05) is 39.0 Å². The van der Waals surface area contributed by atoms with Gasteiger partial charge in [-0.2, -0.15) is 0 Å². The molecule has 0 fully saturated rings. The molecule has 0 N–H and O–H groups in total. The SMILES string of the molecule is C[C@H](Oc1ccccc1)C(=O)OC(C)(C)C. The molecule has 1 rings (SSSR count). The van der Waals surface area contributed by atoms with Crippen LogP contribution in [0.2, 0.25) is 0 Å². The Bertz CT molecular complexity index is 338. The molecule has 0 amide bonds. The molecule has 0 aliphatic rings. The molecule has 0 radical (unpaired) electrons. The van der Waals surface area contributed by atoms with Crippen LogP contribution in [0.5, 0.6) is 5.75 Å². The van der Waals surface area contributed by atoms with Gasteiger partial charge in [-0.3, -0.25) is 0 Å². The molecule has 0 spiro atoms. The summed E-state index contributed by atoms with van der Waals surface area (Å²) >= 11 is 0. The molecule has 0 bridgehead atoms. The molecule has 88 valence electrons. The van der Waals surface area contributed by atoms with E-state index in [2.05, 4.69) is 0 Å². The summed E-state index contributed by atoms with van der Waals surface area (Å²) in [5, 5.41) is 0. The standard InChI is InChI=1S/C13H18O3/c1-10(12(14)16-13(2,3)4)15-11-8-6-5-7-9-11/h5-10H,1-4H3/t10-/m0/s1. The molecular weight excluding hydrogens is 204 g/mol. The number of ether oxygens (including phenoxy) is 2. The summed E-state index contributed by atoms with van der Waals surface area (Å²) in [5.74, 6) is 0.317. The van der Waals surface area contributed by atoms with Crippen molar-refractivity contribution in [2.75, 3.05) is 0 Å². The minimum atomic E-state index is -0.596. The van der Waals surface area contributed by atoms with E-state index < -0.39 is 11.7 Å². The second kappa shape index (κ2) is 5.01. The molecule has 1 aromatic carbocycles. The lowest BCUT2D eigenvalue weighted by molar-refractivity contribution is -0.162. The average Bonchev–Trinajstić information content (AvgIpc) is 2.16. The fourth-order valence-electron chi connectivity index (χ4n) is 1.14. The lowest BCUT2D eigenvalue weighted by Gasteiger charge is -2.22. The van der Waals surface area contributed by atoms with Gasteiger partial charge < -0.3 is 9.47 Å². The zero-order chi connectivity index (χ0) is 12.2. The number of carbonyl (C=O) groups is 1. The highest BCUT2D eigenvalue weighted by Gasteiger charge is 2.22. The Balaban J connectivity index is 2.53. The van der Waals surface area contributed by atoms with Crippen LogP contribution in [0.25, 0.3) is 0 Å². The minimum Gasteiger partial charge on any atom is -0.479 e. The van der Waals surface area contributed by atoms with Crippen LogP contribution in [-0.4, -0.2) is 17.7 Å². The normalized spacial score (nSPS) is 13.0. The van der Waals surface area contributed by atoms with Crippen molar-refractivity contribution in [3.63, 3.8) is 0 Å². The molecule has 0 heterocycles. The summed E-state index contributed by atoms with van der Waals surface area (Å²) < 4.78 is 10.7. The molecule has 1 atom stereocenters. The number of rotatable bonds is 3. The van der Waals surface area contributed by atoms with Gasteiger partial charge in [0.25, 0.3) is 0 Å². The maximum absolute atomic E-state index is 11.6. The predicted molar refractivity (Wildman–Crippen MR) is 62.4 cm³/mol. The Morgan fingerprint density at radius 2 is 1.75 bits per heavy atom. The summed E-state index contributed by atoms with van der Waals surface area (Å²) in [6.07, 6.45) is -0.596. The van der Waals surface area contributed by atoms with Crippen LogP contribution >= 0.6 is 0 Å². The quantitative estimate of drug-likeness (QED) is 0.738. The van der Waals surface area contributed by atoms with E-state index >= 15 is 0 Å². The summed E-state index contributed by atoms with van der Waals surface area (Å²) in [5.41, 5.74) is -0.481. The fourth-order valence-corrected chi connectivity index (χ4v) is 1.14. The summed E-state index contributed by atoms with van der Waals surface area (Å²) in [4.78, 5) is 11.6. The van der Waals surface area contributed by atoms with Gasteiger partial charge in [0.05, 0.1) is 0 Å². The van der Waals surface area contributed by atoms with Gasteiger partial charge >= 0.3 is 5.97 Å². The minimum absolute atomic E-state index is 0.351. The van der Waals surface area contributed by atoms with E-state index in [1.54, 1.807) is 19.1 Å². The first-order valence-corrected chi connectivity index (χ1v) is 5.33. The highest BCUT2D eigenvalue weighted by Crippen LogP contribution is 2.14. The van der Waals surface area contributed by atoms with E-state index in [0.717, 1.165) is 0 Å². The third-order valence-corrected chi connectivity index (χ3v) is 1.79. The van der Waals surface area contributed by atoms with Gasteiger partial charge in [0.1, 0.15) is 11.4 Å². The van der Waals surface area contributed by atoms with Crippen molar-refractivity contribution >= 4 is 5.97 Å². The lowest BCUT2D eigenvalue weighted by Crippen LogP contribution is -2.33. The van der Waals surface area contributed by atoms with Gasteiger partial charge in [-0.05, 0) is 39.8 Å². The Hall–Kier alpha value is -1.51. The molecule has 0 saturated heterocycles. The number of hydrogen-bond donors (Lipinski definition) is 0. The Morgan fingerprint density at radius 3 is 2.25 bits per heavy atom. The fraction of sp³-hybridized carbons (Fsp3) is 0.462. The smallest absolute Gasteiger partial charge is 0.347 e. The van der Waals surface area contributed by atoms with Crippen LogP contribution in [0.15, 0.2) is 30.3 Å². The zero-order valence-corrected chi connectivity index (χ0v) is 10.2. The van der Waals surface area contributed by atoms with Crippen LogP contribution < -0.4 is 4.74 Å². The Morgan fingerprint density at radius 1 is 1.19 bits per heavy atom. The molecular formula is C13H18O3. The molecule has 3 nitrogen and oxygen atoms in total. The summed E-state index contributed by atoms with van der Waals surface area (Å²) in [6, 6.07) is 9.22. The molecule has 1 aromatic rings. The van der Waals surface area contributed by atoms with Gasteiger partial charge in [-0.15, -0.1) is 0 Å². The molecule has 3 heteroatoms. The monoisotopic (exact) mass is 222 g/mol. The third kappa shape index (κ3) is 4.34. The van der Waals surface area contributed by atoms with Crippen molar-refractivity contribution in [1.82, 2.24) is 0 Å². The lowest BCUT2D eigenvalue weighted by atomic mass is 10.2. The predicted octanol–water partition coefficient (Wildman–Crippen LogP) is 2.80. The molecule has 0 saturated carbocycles. The molecule has 0 aliphatic carbocycles. The Labute approximate surface area is 96.4 Å². The van der Waals surface area contributed by atoms with Crippen LogP contribution in [-0.2, 0) is 9.53 Å². The second-order valence-corrected chi connectivity index (χ2v) is 4.61. The molecule has 0 aliphatic heterocycles. The Kier molecular flexibility index (Phi) is 3.93. The number of carbonyl (C=O) groups excluding carboxylic acids is 1. The van der Waals surface area contributed by atoms with Crippen LogP contribution in [0.1, 0.15) is 27.7 Å². The van der Waals surface area contributed by atoms with Crippen molar-refractivity contribution in [3.05, 3.63) is 30.3 Å². The second-order valence-electron chi connectivity index (χ2n) is 4.61. The maximum atomic E-state index is 11.6. The highest BCUT2D eigenvalue weighted by molar-refractivity contribution is 5.75. The first-order chi connectivity index (χ1) is 7.38. The van der Waals surface area contributed by atoms with Crippen molar-refractivity contribution in [2.45, 2.75) is 39.4 Å². The van der Waals surface area contributed by atoms with Crippen LogP contribution in [0.4, 0.5) is 0 Å². The number of hydrogen-bond acceptors (Lipinski definition) is 3. The van der Waals surface area contributed by atoms with Gasteiger partial charge in [0, 0.05) is 0 Å². The van der Waals surface area contributed by atoms with E-state index in [9.17, 15) is 4.79 Å². The van der Waals surface area contributed by atoms with E-state index in [-0.39, 0.29) is 5.97 Å². The largest absolute Gasteiger partial charge is 0.479 e. The summed E-state index contributed by atoms with van der Waals surface area (Å²) in [6.45, 7) is 7.18. The van der Waals surface area contributed by atoms with Gasteiger partial charge in [0.2, 0.25) is 0 Å².